The monoisotopic (exact) mass is 282 g/mol. The second-order valence-corrected chi connectivity index (χ2v) is 6.30. The zero-order valence-electron chi connectivity index (χ0n) is 14.2. The molecule has 0 rings (SSSR count). The average molecular weight is 283 g/mol. The molecule has 0 aromatic rings. The molecule has 1 heteroatoms. The van der Waals surface area contributed by atoms with Gasteiger partial charge in [0.2, 0.25) is 0 Å². The van der Waals surface area contributed by atoms with E-state index in [0.717, 1.165) is 6.54 Å². The quantitative estimate of drug-likeness (QED) is 0.295. The molecule has 1 nitrogen and oxygen atoms in total. The maximum absolute atomic E-state index is 3.64. The van der Waals surface area contributed by atoms with Crippen molar-refractivity contribution in [3.05, 3.63) is 7.05 Å². The second kappa shape index (κ2) is 19.0. The van der Waals surface area contributed by atoms with E-state index >= 15 is 0 Å². The van der Waals surface area contributed by atoms with Gasteiger partial charge >= 0.3 is 0 Å². The first-order chi connectivity index (χ1) is 9.91. The van der Waals surface area contributed by atoms with Crippen molar-refractivity contribution in [2.75, 3.05) is 6.54 Å². The van der Waals surface area contributed by atoms with Crippen molar-refractivity contribution in [1.29, 1.82) is 0 Å². The van der Waals surface area contributed by atoms with Crippen LogP contribution in [-0.4, -0.2) is 6.54 Å². The fourth-order valence-electron chi connectivity index (χ4n) is 2.80. The van der Waals surface area contributed by atoms with Crippen LogP contribution < -0.4 is 5.32 Å². The highest BCUT2D eigenvalue weighted by Gasteiger charge is 1.94. The molecule has 20 heavy (non-hydrogen) atoms. The molecule has 0 aliphatic rings. The Bertz CT molecular complexity index is 138. The van der Waals surface area contributed by atoms with Gasteiger partial charge in [-0.3, -0.25) is 0 Å². The van der Waals surface area contributed by atoms with Gasteiger partial charge in [0.05, 0.1) is 0 Å². The number of hydrogen-bond acceptors (Lipinski definition) is 1. The molecule has 0 heterocycles. The van der Waals surface area contributed by atoms with E-state index in [1.54, 1.807) is 0 Å². The van der Waals surface area contributed by atoms with E-state index in [1.165, 1.54) is 103 Å². The summed E-state index contributed by atoms with van der Waals surface area (Å²) in [6.45, 7) is 3.37. The summed E-state index contributed by atoms with van der Waals surface area (Å²) in [6.07, 6.45) is 23.0. The Morgan fingerprint density at radius 1 is 0.500 bits per heavy atom. The molecule has 0 amide bonds. The van der Waals surface area contributed by atoms with Crippen LogP contribution in [0.4, 0.5) is 0 Å². The van der Waals surface area contributed by atoms with E-state index in [-0.39, 0.29) is 0 Å². The molecule has 121 valence electrons. The van der Waals surface area contributed by atoms with Crippen LogP contribution in [-0.2, 0) is 0 Å². The van der Waals surface area contributed by atoms with Crippen LogP contribution in [0.1, 0.15) is 110 Å². The minimum atomic E-state index is 1.08. The summed E-state index contributed by atoms with van der Waals surface area (Å²) in [4.78, 5) is 0. The largest absolute Gasteiger partial charge is 0.315 e. The van der Waals surface area contributed by atoms with Crippen molar-refractivity contribution in [3.8, 4) is 0 Å². The zero-order chi connectivity index (χ0) is 14.7. The van der Waals surface area contributed by atoms with E-state index < -0.39 is 0 Å². The van der Waals surface area contributed by atoms with Crippen molar-refractivity contribution >= 4 is 0 Å². The Labute approximate surface area is 129 Å². The number of nitrogens with one attached hydrogen (secondary N) is 1. The molecule has 1 N–H and O–H groups in total. The van der Waals surface area contributed by atoms with Crippen LogP contribution in [0.15, 0.2) is 0 Å². The third-order valence-electron chi connectivity index (χ3n) is 4.21. The Morgan fingerprint density at radius 2 is 0.800 bits per heavy atom. The molecule has 0 aliphatic heterocycles. The molecule has 0 aromatic heterocycles. The Morgan fingerprint density at radius 3 is 1.10 bits per heavy atom. The maximum Gasteiger partial charge on any atom is 0.00767 e. The van der Waals surface area contributed by atoms with Gasteiger partial charge in [0, 0.05) is 7.05 Å². The van der Waals surface area contributed by atoms with Gasteiger partial charge in [-0.15, -0.1) is 0 Å². The van der Waals surface area contributed by atoms with Crippen LogP contribution >= 0.6 is 0 Å². The topological polar surface area (TPSA) is 12.0 Å². The van der Waals surface area contributed by atoms with Gasteiger partial charge in [0.25, 0.3) is 0 Å². The van der Waals surface area contributed by atoms with Gasteiger partial charge in [-0.1, -0.05) is 103 Å². The first kappa shape index (κ1) is 20.0. The molecule has 0 atom stereocenters. The van der Waals surface area contributed by atoms with E-state index in [9.17, 15) is 0 Å². The summed E-state index contributed by atoms with van der Waals surface area (Å²) < 4.78 is 0. The number of unbranched alkanes of at least 4 members (excludes halogenated alkanes) is 15. The summed E-state index contributed by atoms with van der Waals surface area (Å²) in [5.74, 6) is 0. The summed E-state index contributed by atoms with van der Waals surface area (Å²) >= 11 is 0. The van der Waals surface area contributed by atoms with Crippen LogP contribution in [0.25, 0.3) is 0 Å². The minimum absolute atomic E-state index is 1.08. The fraction of sp³-hybridized carbons (Fsp3) is 0.947. The smallest absolute Gasteiger partial charge is 0.00767 e. The van der Waals surface area contributed by atoms with Crippen molar-refractivity contribution in [2.45, 2.75) is 110 Å². The molecule has 0 saturated heterocycles. The highest BCUT2D eigenvalue weighted by Crippen LogP contribution is 2.13. The zero-order valence-corrected chi connectivity index (χ0v) is 14.2. The lowest BCUT2D eigenvalue weighted by Gasteiger charge is -2.03. The Hall–Kier alpha value is -0.0400. The van der Waals surface area contributed by atoms with Crippen LogP contribution in [0, 0.1) is 7.05 Å². The van der Waals surface area contributed by atoms with E-state index in [1.807, 2.05) is 0 Å². The molecule has 0 saturated carbocycles. The molecule has 1 radical (unpaired) electrons. The summed E-state index contributed by atoms with van der Waals surface area (Å²) in [5.41, 5.74) is 0. The van der Waals surface area contributed by atoms with Gasteiger partial charge < -0.3 is 5.32 Å². The summed E-state index contributed by atoms with van der Waals surface area (Å²) in [5, 5.41) is 2.97. The van der Waals surface area contributed by atoms with Gasteiger partial charge in [-0.05, 0) is 13.0 Å². The van der Waals surface area contributed by atoms with E-state index in [2.05, 4.69) is 19.3 Å². The molecule has 0 aliphatic carbocycles. The SMILES string of the molecule is [CH2]NCCCCCCCCCCCCCCCCCC. The fourth-order valence-corrected chi connectivity index (χ4v) is 2.80. The summed E-state index contributed by atoms with van der Waals surface area (Å²) in [6, 6.07) is 0. The van der Waals surface area contributed by atoms with Crippen molar-refractivity contribution < 1.29 is 0 Å². The molecule has 0 fully saturated rings. The molecule has 0 aromatic carbocycles. The normalized spacial score (nSPS) is 11.1. The number of rotatable bonds is 17. The molecular formula is C19H40N. The van der Waals surface area contributed by atoms with Gasteiger partial charge in [-0.2, -0.15) is 0 Å². The van der Waals surface area contributed by atoms with Crippen LogP contribution in [0.3, 0.4) is 0 Å². The third-order valence-corrected chi connectivity index (χ3v) is 4.21. The van der Waals surface area contributed by atoms with Gasteiger partial charge in [0.15, 0.2) is 0 Å². The van der Waals surface area contributed by atoms with Gasteiger partial charge in [-0.25, -0.2) is 0 Å². The van der Waals surface area contributed by atoms with Gasteiger partial charge in [0.1, 0.15) is 0 Å². The predicted molar refractivity (Wildman–Crippen MR) is 92.9 cm³/mol. The molecular weight excluding hydrogens is 242 g/mol. The lowest BCUT2D eigenvalue weighted by Crippen LogP contribution is -2.03. The van der Waals surface area contributed by atoms with Crippen molar-refractivity contribution in [2.24, 2.45) is 0 Å². The lowest BCUT2D eigenvalue weighted by molar-refractivity contribution is 0.528. The van der Waals surface area contributed by atoms with Crippen molar-refractivity contribution in [3.63, 3.8) is 0 Å². The first-order valence-corrected chi connectivity index (χ1v) is 9.41. The predicted octanol–water partition coefficient (Wildman–Crippen LogP) is 6.63. The van der Waals surface area contributed by atoms with E-state index in [4.69, 9.17) is 0 Å². The average Bonchev–Trinajstić information content (AvgIpc) is 2.47. The lowest BCUT2D eigenvalue weighted by atomic mass is 10.0. The van der Waals surface area contributed by atoms with E-state index in [0.29, 0.717) is 0 Å². The molecule has 0 unspecified atom stereocenters. The molecule has 0 spiro atoms. The number of hydrogen-bond donors (Lipinski definition) is 1. The Kier molecular flexibility index (Phi) is 18.9. The van der Waals surface area contributed by atoms with Crippen LogP contribution in [0.5, 0.6) is 0 Å². The first-order valence-electron chi connectivity index (χ1n) is 9.41. The van der Waals surface area contributed by atoms with Crippen LogP contribution in [0.2, 0.25) is 0 Å². The highest BCUT2D eigenvalue weighted by molar-refractivity contribution is 4.50. The molecule has 0 bridgehead atoms. The second-order valence-electron chi connectivity index (χ2n) is 6.30. The Balaban J connectivity index is 2.89. The third kappa shape index (κ3) is 18.0. The summed E-state index contributed by atoms with van der Waals surface area (Å²) in [7, 11) is 3.64. The van der Waals surface area contributed by atoms with Crippen molar-refractivity contribution in [1.82, 2.24) is 5.32 Å². The minimum Gasteiger partial charge on any atom is -0.315 e. The standard InChI is InChI=1S/C19H40N/c1-3-4-5-6-7-8-9-10-11-12-13-14-15-16-17-18-19-20-2/h20H,2-19H2,1H3. The maximum atomic E-state index is 3.64. The highest BCUT2D eigenvalue weighted by atomic mass is 14.8.